The molecule has 0 spiro atoms. The van der Waals surface area contributed by atoms with Gasteiger partial charge in [0.05, 0.1) is 6.10 Å². The number of halogens is 1. The molecule has 1 aromatic heterocycles. The number of aliphatic hydroxyl groups excluding tert-OH is 2. The molecular weight excluding hydrogens is 301 g/mol. The summed E-state index contributed by atoms with van der Waals surface area (Å²) in [5.41, 5.74) is -4.18. The predicted molar refractivity (Wildman–Crippen MR) is 69.4 cm³/mol. The molecule has 1 aromatic rings. The van der Waals surface area contributed by atoms with Crippen molar-refractivity contribution >= 4 is 0 Å². The summed E-state index contributed by atoms with van der Waals surface area (Å²) in [4.78, 5) is 24.7. The molecule has 1 fully saturated rings. The topological polar surface area (TPSA) is 138 Å². The van der Waals surface area contributed by atoms with Crippen LogP contribution < -0.4 is 11.2 Å². The number of hydrogen-bond donors (Lipinski definition) is 4. The Hall–Kier alpha value is -2.06. The normalized spacial score (nSPS) is 32.3. The third-order valence-corrected chi connectivity index (χ3v) is 3.22. The molecule has 120 valence electrons. The summed E-state index contributed by atoms with van der Waals surface area (Å²) in [6, 6.07) is 0. The van der Waals surface area contributed by atoms with Crippen LogP contribution in [-0.4, -0.2) is 60.7 Å². The number of nitrogens with one attached hydrogen (secondary N) is 1. The minimum atomic E-state index is -2.39. The average Bonchev–Trinajstić information content (AvgIpc) is 2.70. The van der Waals surface area contributed by atoms with E-state index in [4.69, 9.17) is 4.74 Å². The van der Waals surface area contributed by atoms with Gasteiger partial charge >= 0.3 is 5.69 Å². The molecule has 2 rings (SSSR count). The van der Waals surface area contributed by atoms with Crippen LogP contribution in [-0.2, 0) is 4.74 Å². The second kappa shape index (κ2) is 5.98. The lowest BCUT2D eigenvalue weighted by molar-refractivity contribution is -0.0947. The zero-order valence-electron chi connectivity index (χ0n) is 11.4. The summed E-state index contributed by atoms with van der Waals surface area (Å²) in [6.07, 6.45) is -5.10. The molecule has 2 heterocycles. The van der Waals surface area contributed by atoms with Crippen LogP contribution in [0.3, 0.4) is 0 Å². The maximum atomic E-state index is 12.3. The van der Waals surface area contributed by atoms with E-state index in [1.807, 2.05) is 10.9 Å². The number of rotatable bonds is 2. The summed E-state index contributed by atoms with van der Waals surface area (Å²) < 4.78 is 18.1. The van der Waals surface area contributed by atoms with Crippen LogP contribution in [0.2, 0.25) is 0 Å². The summed E-state index contributed by atoms with van der Waals surface area (Å²) in [5, 5.41) is 33.7. The maximum Gasteiger partial charge on any atom is 0.347 e. The third kappa shape index (κ3) is 2.67. The quantitative estimate of drug-likeness (QED) is 0.435. The molecule has 0 saturated carbocycles. The number of aliphatic hydroxyl groups is 3. The summed E-state index contributed by atoms with van der Waals surface area (Å²) in [6.45, 7) is 0.192. The minimum Gasteiger partial charge on any atom is -0.391 e. The second-order valence-corrected chi connectivity index (χ2v) is 4.78. The van der Waals surface area contributed by atoms with Crippen LogP contribution in [0.25, 0.3) is 0 Å². The maximum absolute atomic E-state index is 12.3. The van der Waals surface area contributed by atoms with Crippen LogP contribution in [0.15, 0.2) is 15.8 Å². The highest BCUT2D eigenvalue weighted by atomic mass is 19.1. The molecule has 0 aromatic carbocycles. The first-order valence-electron chi connectivity index (χ1n) is 6.29. The van der Waals surface area contributed by atoms with Crippen LogP contribution in [0.4, 0.5) is 4.39 Å². The first-order valence-corrected chi connectivity index (χ1v) is 6.29. The number of ether oxygens (including phenoxy) is 1. The summed E-state index contributed by atoms with van der Waals surface area (Å²) >= 11 is 0. The monoisotopic (exact) mass is 315 g/mol. The Kier molecular flexibility index (Phi) is 4.43. The molecule has 10 heteroatoms. The molecule has 1 saturated heterocycles. The van der Waals surface area contributed by atoms with Crippen LogP contribution >= 0.6 is 0 Å². The van der Waals surface area contributed by atoms with E-state index in [0.29, 0.717) is 4.68 Å². The number of aromatic nitrogens is 3. The van der Waals surface area contributed by atoms with Gasteiger partial charge in [0.15, 0.2) is 6.23 Å². The molecule has 0 bridgehead atoms. The van der Waals surface area contributed by atoms with Crippen molar-refractivity contribution in [3.05, 3.63) is 27.0 Å². The Balaban J connectivity index is 2.55. The largest absolute Gasteiger partial charge is 0.391 e. The Morgan fingerprint density at radius 2 is 2.32 bits per heavy atom. The molecule has 5 atom stereocenters. The zero-order valence-corrected chi connectivity index (χ0v) is 11.4. The van der Waals surface area contributed by atoms with Gasteiger partial charge < -0.3 is 20.1 Å². The van der Waals surface area contributed by atoms with E-state index in [1.54, 1.807) is 0 Å². The van der Waals surface area contributed by atoms with E-state index in [9.17, 15) is 29.3 Å². The van der Waals surface area contributed by atoms with Crippen molar-refractivity contribution in [3.63, 3.8) is 0 Å². The zero-order chi connectivity index (χ0) is 16.5. The Morgan fingerprint density at radius 3 is 2.86 bits per heavy atom. The van der Waals surface area contributed by atoms with Crippen molar-refractivity contribution in [1.29, 1.82) is 0 Å². The highest BCUT2D eigenvalue weighted by Crippen LogP contribution is 2.38. The van der Waals surface area contributed by atoms with E-state index in [2.05, 4.69) is 11.0 Å². The molecule has 1 aliphatic rings. The fourth-order valence-corrected chi connectivity index (χ4v) is 2.18. The van der Waals surface area contributed by atoms with Crippen molar-refractivity contribution in [2.24, 2.45) is 0 Å². The smallest absolute Gasteiger partial charge is 0.347 e. The fraction of sp³-hybridized carbons (Fsp3) is 0.583. The first kappa shape index (κ1) is 16.3. The molecule has 0 radical (unpaired) electrons. The Labute approximate surface area is 123 Å². The molecule has 0 aliphatic carbocycles. The number of nitrogens with zero attached hydrogens (tertiary/aromatic N) is 2. The fourth-order valence-electron chi connectivity index (χ4n) is 2.18. The van der Waals surface area contributed by atoms with Gasteiger partial charge in [-0.1, -0.05) is 11.8 Å². The highest BCUT2D eigenvalue weighted by Gasteiger charge is 2.57. The number of hydrogen-bond acceptors (Lipinski definition) is 7. The van der Waals surface area contributed by atoms with Gasteiger partial charge in [0.25, 0.3) is 5.56 Å². The molecule has 22 heavy (non-hydrogen) atoms. The minimum absolute atomic E-state index is 0.555. The van der Waals surface area contributed by atoms with Gasteiger partial charge in [-0.15, -0.1) is 0 Å². The molecule has 9 nitrogen and oxygen atoms in total. The summed E-state index contributed by atoms with van der Waals surface area (Å²) in [7, 11) is 0. The van der Waals surface area contributed by atoms with Crippen molar-refractivity contribution < 1.29 is 24.4 Å². The third-order valence-electron chi connectivity index (χ3n) is 3.22. The van der Waals surface area contributed by atoms with E-state index in [0.717, 1.165) is 6.20 Å². The molecule has 0 amide bonds. The van der Waals surface area contributed by atoms with Gasteiger partial charge in [0.2, 0.25) is 5.60 Å². The van der Waals surface area contributed by atoms with Gasteiger partial charge in [-0.2, -0.15) is 9.78 Å². The van der Waals surface area contributed by atoms with Crippen LogP contribution in [0.5, 0.6) is 0 Å². The van der Waals surface area contributed by atoms with Gasteiger partial charge in [0, 0.05) is 0 Å². The van der Waals surface area contributed by atoms with Crippen molar-refractivity contribution in [2.75, 3.05) is 6.67 Å². The van der Waals surface area contributed by atoms with Gasteiger partial charge in [-0.25, -0.2) is 9.18 Å². The average molecular weight is 315 g/mol. The summed E-state index contributed by atoms with van der Waals surface area (Å²) in [5.74, 6) is 4.03. The van der Waals surface area contributed by atoms with Gasteiger partial charge in [-0.3, -0.25) is 9.78 Å². The van der Waals surface area contributed by atoms with Crippen LogP contribution in [0.1, 0.15) is 13.2 Å². The Morgan fingerprint density at radius 1 is 1.64 bits per heavy atom. The van der Waals surface area contributed by atoms with E-state index < -0.39 is 48.1 Å². The second-order valence-electron chi connectivity index (χ2n) is 4.78. The lowest BCUT2D eigenvalue weighted by Crippen LogP contribution is -2.49. The molecule has 1 unspecified atom stereocenters. The van der Waals surface area contributed by atoms with Gasteiger partial charge in [-0.05, 0) is 6.92 Å². The van der Waals surface area contributed by atoms with Crippen molar-refractivity contribution in [3.8, 4) is 11.8 Å². The Bertz CT molecular complexity index is 720. The molecule has 4 N–H and O–H groups in total. The molecule has 1 aliphatic heterocycles. The lowest BCUT2D eigenvalue weighted by atomic mass is 9.93. The standard InChI is InChI=1S/C12H14FN3O6/c1-6(17)8-9(19)12(21,3-2-4-13)10(22-8)16-11(20)15-7(18)5-14-16/h5-6,8-10,17,19,21H,4H2,1H3,(H,15,18,20)/t6-,8+,9?,10+,12+/m0/s1. The number of H-pyrrole nitrogens is 1. The van der Waals surface area contributed by atoms with E-state index >= 15 is 0 Å². The van der Waals surface area contributed by atoms with Crippen LogP contribution in [0, 0.1) is 11.8 Å². The first-order chi connectivity index (χ1) is 10.3. The van der Waals surface area contributed by atoms with Crippen molar-refractivity contribution in [1.82, 2.24) is 14.8 Å². The van der Waals surface area contributed by atoms with E-state index in [1.165, 1.54) is 6.92 Å². The van der Waals surface area contributed by atoms with Gasteiger partial charge in [0.1, 0.15) is 25.1 Å². The molecular formula is C12H14FN3O6. The predicted octanol–water partition coefficient (Wildman–Crippen LogP) is -2.73. The number of alkyl halides is 1. The SMILES string of the molecule is C[C@H](O)[C@H]1O[C@@H](n2ncc(=O)[nH]c2=O)[C@@](O)(C#CCF)C1O. The lowest BCUT2D eigenvalue weighted by Gasteiger charge is -2.25. The van der Waals surface area contributed by atoms with Crippen molar-refractivity contribution in [2.45, 2.75) is 37.1 Å². The van der Waals surface area contributed by atoms with E-state index in [-0.39, 0.29) is 0 Å². The number of aromatic amines is 1. The highest BCUT2D eigenvalue weighted by molar-refractivity contribution is 5.23.